The van der Waals surface area contributed by atoms with Crippen LogP contribution < -0.4 is 5.32 Å². The van der Waals surface area contributed by atoms with Gasteiger partial charge in [0.25, 0.3) is 0 Å². The third-order valence-electron chi connectivity index (χ3n) is 1.38. The molecule has 1 aromatic carbocycles. The van der Waals surface area contributed by atoms with Crippen molar-refractivity contribution >= 4 is 35.5 Å². The highest BCUT2D eigenvalue weighted by Crippen LogP contribution is 2.40. The lowest BCUT2D eigenvalue weighted by atomic mass is 10.3. The lowest BCUT2D eigenvalue weighted by Crippen LogP contribution is -2.00. The van der Waals surface area contributed by atoms with E-state index in [1.165, 1.54) is 18.2 Å². The minimum atomic E-state index is -4.37. The van der Waals surface area contributed by atoms with Gasteiger partial charge >= 0.3 is 5.51 Å². The SMILES string of the molecule is O=CNc1ccc(SC(F)(F)F)c(Cl)c1. The number of halogens is 4. The lowest BCUT2D eigenvalue weighted by molar-refractivity contribution is -0.105. The zero-order valence-corrected chi connectivity index (χ0v) is 8.71. The van der Waals surface area contributed by atoms with Gasteiger partial charge in [-0.2, -0.15) is 13.2 Å². The Morgan fingerprint density at radius 3 is 2.53 bits per heavy atom. The number of anilines is 1. The Bertz CT molecular complexity index is 369. The van der Waals surface area contributed by atoms with Crippen molar-refractivity contribution in [3.8, 4) is 0 Å². The van der Waals surface area contributed by atoms with Crippen molar-refractivity contribution in [3.05, 3.63) is 23.2 Å². The number of benzene rings is 1. The first-order valence-electron chi connectivity index (χ1n) is 3.68. The van der Waals surface area contributed by atoms with Crippen LogP contribution in [0.5, 0.6) is 0 Å². The van der Waals surface area contributed by atoms with Crippen LogP contribution >= 0.6 is 23.4 Å². The number of hydrogen-bond acceptors (Lipinski definition) is 2. The van der Waals surface area contributed by atoms with Crippen LogP contribution in [0.2, 0.25) is 5.02 Å². The van der Waals surface area contributed by atoms with Crippen molar-refractivity contribution in [3.63, 3.8) is 0 Å². The Kier molecular flexibility index (Phi) is 3.87. The normalized spacial score (nSPS) is 11.2. The molecule has 0 aliphatic rings. The Morgan fingerprint density at radius 2 is 2.07 bits per heavy atom. The maximum Gasteiger partial charge on any atom is 0.446 e. The van der Waals surface area contributed by atoms with Crippen molar-refractivity contribution in [1.29, 1.82) is 0 Å². The highest BCUT2D eigenvalue weighted by molar-refractivity contribution is 8.00. The van der Waals surface area contributed by atoms with E-state index in [2.05, 4.69) is 5.32 Å². The zero-order chi connectivity index (χ0) is 11.5. The van der Waals surface area contributed by atoms with Gasteiger partial charge in [-0.1, -0.05) is 11.6 Å². The fourth-order valence-electron chi connectivity index (χ4n) is 0.866. The van der Waals surface area contributed by atoms with Gasteiger partial charge in [0.15, 0.2) is 0 Å². The minimum absolute atomic E-state index is 0.0517. The summed E-state index contributed by atoms with van der Waals surface area (Å²) in [5.41, 5.74) is -4.02. The monoisotopic (exact) mass is 255 g/mol. The van der Waals surface area contributed by atoms with Gasteiger partial charge in [0.05, 0.1) is 5.02 Å². The Morgan fingerprint density at radius 1 is 1.40 bits per heavy atom. The Labute approximate surface area is 92.8 Å². The van der Waals surface area contributed by atoms with E-state index in [9.17, 15) is 18.0 Å². The first-order chi connectivity index (χ1) is 6.92. The maximum absolute atomic E-state index is 12.0. The standard InChI is InChI=1S/C8H5ClF3NOS/c9-6-3-5(13-4-14)1-2-7(6)15-8(10,11)12/h1-4H,(H,13,14). The second-order valence-corrected chi connectivity index (χ2v) is 3.97. The van der Waals surface area contributed by atoms with E-state index in [0.29, 0.717) is 12.1 Å². The van der Waals surface area contributed by atoms with E-state index in [4.69, 9.17) is 11.6 Å². The predicted octanol–water partition coefficient (Wildman–Crippen LogP) is 3.52. The third-order valence-corrected chi connectivity index (χ3v) is 2.62. The third kappa shape index (κ3) is 4.01. The van der Waals surface area contributed by atoms with Crippen molar-refractivity contribution in [2.45, 2.75) is 10.4 Å². The molecule has 0 spiro atoms. The first-order valence-corrected chi connectivity index (χ1v) is 4.87. The van der Waals surface area contributed by atoms with Crippen molar-refractivity contribution in [1.82, 2.24) is 0 Å². The molecule has 0 aliphatic heterocycles. The van der Waals surface area contributed by atoms with Crippen molar-refractivity contribution in [2.24, 2.45) is 0 Å². The molecule has 15 heavy (non-hydrogen) atoms. The fraction of sp³-hybridized carbons (Fsp3) is 0.125. The highest BCUT2D eigenvalue weighted by atomic mass is 35.5. The van der Waals surface area contributed by atoms with Crippen LogP contribution in [-0.4, -0.2) is 11.9 Å². The zero-order valence-electron chi connectivity index (χ0n) is 7.14. The molecule has 0 saturated carbocycles. The largest absolute Gasteiger partial charge is 0.446 e. The first kappa shape index (κ1) is 12.2. The van der Waals surface area contributed by atoms with Gasteiger partial charge in [0, 0.05) is 10.6 Å². The maximum atomic E-state index is 12.0. The molecule has 0 unspecified atom stereocenters. The molecule has 0 atom stereocenters. The summed E-state index contributed by atoms with van der Waals surface area (Å²) in [6, 6.07) is 3.80. The number of hydrogen-bond donors (Lipinski definition) is 1. The number of amides is 1. The Hall–Kier alpha value is -0.880. The number of carbonyl (C=O) groups is 1. The topological polar surface area (TPSA) is 29.1 Å². The van der Waals surface area contributed by atoms with Crippen molar-refractivity contribution < 1.29 is 18.0 Å². The van der Waals surface area contributed by atoms with E-state index in [1.54, 1.807) is 0 Å². The molecule has 0 aliphatic carbocycles. The van der Waals surface area contributed by atoms with E-state index in [-0.39, 0.29) is 21.7 Å². The van der Waals surface area contributed by atoms with Gasteiger partial charge in [-0.15, -0.1) is 0 Å². The van der Waals surface area contributed by atoms with E-state index < -0.39 is 5.51 Å². The predicted molar refractivity (Wildman–Crippen MR) is 53.1 cm³/mol. The highest BCUT2D eigenvalue weighted by Gasteiger charge is 2.30. The molecule has 82 valence electrons. The summed E-state index contributed by atoms with van der Waals surface area (Å²) in [5, 5.41) is 2.23. The number of thioether (sulfide) groups is 1. The molecule has 0 saturated heterocycles. The lowest BCUT2D eigenvalue weighted by Gasteiger charge is -2.08. The summed E-state index contributed by atoms with van der Waals surface area (Å²) in [6.45, 7) is 0. The number of carbonyl (C=O) groups excluding carboxylic acids is 1. The number of alkyl halides is 3. The van der Waals surface area contributed by atoms with E-state index in [1.807, 2.05) is 0 Å². The fourth-order valence-corrected chi connectivity index (χ4v) is 1.70. The molecule has 0 radical (unpaired) electrons. The van der Waals surface area contributed by atoms with Gasteiger partial charge in [-0.3, -0.25) is 4.79 Å². The average molecular weight is 256 g/mol. The summed E-state index contributed by atoms with van der Waals surface area (Å²) < 4.78 is 36.0. The molecular formula is C8H5ClF3NOS. The summed E-state index contributed by atoms with van der Waals surface area (Å²) in [5.74, 6) is 0. The molecule has 1 amide bonds. The van der Waals surface area contributed by atoms with Crippen LogP contribution in [0.15, 0.2) is 23.1 Å². The second-order valence-electron chi connectivity index (χ2n) is 2.46. The summed E-state index contributed by atoms with van der Waals surface area (Å²) in [6.07, 6.45) is 0.419. The van der Waals surface area contributed by atoms with Crippen LogP contribution in [0.1, 0.15) is 0 Å². The van der Waals surface area contributed by atoms with Crippen LogP contribution in [0.4, 0.5) is 18.9 Å². The minimum Gasteiger partial charge on any atom is -0.329 e. The van der Waals surface area contributed by atoms with E-state index in [0.717, 1.165) is 0 Å². The van der Waals surface area contributed by atoms with Crippen LogP contribution in [0.3, 0.4) is 0 Å². The van der Waals surface area contributed by atoms with E-state index >= 15 is 0 Å². The van der Waals surface area contributed by atoms with Crippen LogP contribution in [-0.2, 0) is 4.79 Å². The van der Waals surface area contributed by atoms with Crippen LogP contribution in [0.25, 0.3) is 0 Å². The van der Waals surface area contributed by atoms with Gasteiger partial charge in [0.1, 0.15) is 0 Å². The summed E-state index contributed by atoms with van der Waals surface area (Å²) >= 11 is 5.30. The summed E-state index contributed by atoms with van der Waals surface area (Å²) in [7, 11) is 0. The molecule has 0 bridgehead atoms. The van der Waals surface area contributed by atoms with Gasteiger partial charge in [0.2, 0.25) is 6.41 Å². The molecule has 1 N–H and O–H groups in total. The molecular weight excluding hydrogens is 251 g/mol. The molecule has 1 rings (SSSR count). The van der Waals surface area contributed by atoms with Gasteiger partial charge < -0.3 is 5.32 Å². The molecule has 1 aromatic rings. The second kappa shape index (κ2) is 4.76. The van der Waals surface area contributed by atoms with Crippen LogP contribution in [0, 0.1) is 0 Å². The smallest absolute Gasteiger partial charge is 0.329 e. The number of rotatable bonds is 3. The molecule has 0 aromatic heterocycles. The Balaban J connectivity index is 2.88. The van der Waals surface area contributed by atoms with Crippen molar-refractivity contribution in [2.75, 3.05) is 5.32 Å². The molecule has 0 heterocycles. The van der Waals surface area contributed by atoms with Gasteiger partial charge in [-0.05, 0) is 30.0 Å². The summed E-state index contributed by atoms with van der Waals surface area (Å²) in [4.78, 5) is 9.96. The molecule has 7 heteroatoms. The molecule has 0 fully saturated rings. The average Bonchev–Trinajstić information content (AvgIpc) is 2.08. The number of nitrogens with one attached hydrogen (secondary N) is 1. The van der Waals surface area contributed by atoms with Gasteiger partial charge in [-0.25, -0.2) is 0 Å². The molecule has 2 nitrogen and oxygen atoms in total. The quantitative estimate of drug-likeness (QED) is 0.661.